The fraction of sp³-hybridized carbons (Fsp3) is 0.0656. The Hall–Kier alpha value is -8.13. The number of anilines is 9. The number of hydrogen-bond donors (Lipinski definition) is 0. The van der Waals surface area contributed by atoms with Crippen molar-refractivity contribution < 1.29 is 0 Å². The highest BCUT2D eigenvalue weighted by atomic mass is 32.2. The molecule has 4 aliphatic heterocycles. The lowest BCUT2D eigenvalue weighted by atomic mass is 9.31. The molecule has 14 rings (SSSR count). The molecule has 10 aromatic rings. The monoisotopic (exact) mass is 914 g/mol. The Bertz CT molecular complexity index is 3600. The molecule has 1 unspecified atom stereocenters. The lowest BCUT2D eigenvalue weighted by molar-refractivity contribution is 0.616. The Morgan fingerprint density at radius 1 is 0.486 bits per heavy atom. The van der Waals surface area contributed by atoms with E-state index in [1.165, 1.54) is 54.7 Å². The predicted octanol–water partition coefficient (Wildman–Crippen LogP) is 10.7. The summed E-state index contributed by atoms with van der Waals surface area (Å²) in [4.78, 5) is 24.5. The van der Waals surface area contributed by atoms with Gasteiger partial charge in [-0.2, -0.15) is 0 Å². The van der Waals surface area contributed by atoms with Gasteiger partial charge in [0, 0.05) is 74.7 Å². The summed E-state index contributed by atoms with van der Waals surface area (Å²) in [7, 11) is 0. The molecule has 330 valence electrons. The SMILES string of the molecule is c1ccc(CCC2Cc3nc(Sc4ccccc4)cc4c3B(c3ccccc32)c2cc3c(cc2N4c2ccccc2)N(c2ccccc2)c2nccc4c2B3c2cnccc2N4c2ccccc2)cc1. The number of hydrogen-bond acceptors (Lipinski definition) is 7. The highest BCUT2D eigenvalue weighted by molar-refractivity contribution is 7.99. The largest absolute Gasteiger partial charge is 0.311 e. The summed E-state index contributed by atoms with van der Waals surface area (Å²) < 4.78 is 0. The lowest BCUT2D eigenvalue weighted by Gasteiger charge is -2.45. The zero-order valence-electron chi connectivity index (χ0n) is 38.3. The summed E-state index contributed by atoms with van der Waals surface area (Å²) in [6.07, 6.45) is 8.85. The van der Waals surface area contributed by atoms with Gasteiger partial charge in [-0.15, -0.1) is 0 Å². The molecule has 0 bridgehead atoms. The Morgan fingerprint density at radius 2 is 1.07 bits per heavy atom. The summed E-state index contributed by atoms with van der Waals surface area (Å²) in [5, 5.41) is 1.000. The first-order valence-corrected chi connectivity index (χ1v) is 25.1. The summed E-state index contributed by atoms with van der Waals surface area (Å²) >= 11 is 1.75. The van der Waals surface area contributed by atoms with Crippen molar-refractivity contribution in [2.24, 2.45) is 0 Å². The van der Waals surface area contributed by atoms with Gasteiger partial charge >= 0.3 is 0 Å². The van der Waals surface area contributed by atoms with E-state index in [2.05, 4.69) is 227 Å². The first-order chi connectivity index (χ1) is 34.7. The molecule has 0 spiro atoms. The molecular weight excluding hydrogens is 870 g/mol. The standard InChI is InChI=1S/C61H44B2N6S/c1-6-18-41(19-7-1)30-31-42-36-52-59-57(39-58(66-52)70-46-26-14-5-15-27-46)68(44-22-10-3-11-23-44)55-38-56-50(37-49(55)62(59)48-29-17-16-28-47(42)48)63-51-40-64-34-32-53(51)67(43-20-8-2-9-21-43)54-33-35-65-61(60(54)63)69(56)45-24-12-4-13-25-45/h1-29,32-35,37-40,42H,30-31,36H2. The molecule has 1 atom stereocenters. The van der Waals surface area contributed by atoms with Crippen LogP contribution in [0.1, 0.15) is 29.2 Å². The van der Waals surface area contributed by atoms with Crippen LogP contribution in [0.25, 0.3) is 0 Å². The van der Waals surface area contributed by atoms with E-state index in [4.69, 9.17) is 15.0 Å². The quantitative estimate of drug-likeness (QED) is 0.141. The lowest BCUT2D eigenvalue weighted by Crippen LogP contribution is -2.64. The molecule has 6 nitrogen and oxygen atoms in total. The van der Waals surface area contributed by atoms with Gasteiger partial charge in [-0.3, -0.25) is 9.88 Å². The number of para-hydroxylation sites is 3. The van der Waals surface area contributed by atoms with Crippen LogP contribution < -0.4 is 47.5 Å². The van der Waals surface area contributed by atoms with Gasteiger partial charge in [0.15, 0.2) is 0 Å². The van der Waals surface area contributed by atoms with Crippen LogP contribution >= 0.6 is 11.8 Å². The van der Waals surface area contributed by atoms with Crippen molar-refractivity contribution >= 4 is 109 Å². The molecule has 0 aliphatic carbocycles. The average molecular weight is 915 g/mol. The van der Waals surface area contributed by atoms with Crippen LogP contribution in [0.5, 0.6) is 0 Å². The highest BCUT2D eigenvalue weighted by Gasteiger charge is 2.48. The van der Waals surface area contributed by atoms with Gasteiger partial charge in [-0.1, -0.05) is 151 Å². The first-order valence-electron chi connectivity index (χ1n) is 24.3. The van der Waals surface area contributed by atoms with E-state index in [-0.39, 0.29) is 19.3 Å². The van der Waals surface area contributed by atoms with Crippen LogP contribution in [0.3, 0.4) is 0 Å². The molecule has 0 radical (unpaired) electrons. The Morgan fingerprint density at radius 3 is 1.79 bits per heavy atom. The molecular formula is C61H44B2N6S. The van der Waals surface area contributed by atoms with E-state index in [0.717, 1.165) is 75.4 Å². The smallest absolute Gasteiger partial charge is 0.256 e. The molecule has 7 heterocycles. The van der Waals surface area contributed by atoms with Gasteiger partial charge in [0.1, 0.15) is 10.8 Å². The fourth-order valence-corrected chi connectivity index (χ4v) is 12.7. The van der Waals surface area contributed by atoms with E-state index in [1.54, 1.807) is 11.8 Å². The maximum absolute atomic E-state index is 5.74. The van der Waals surface area contributed by atoms with E-state index in [1.807, 2.05) is 12.4 Å². The average Bonchev–Trinajstić information content (AvgIpc) is 3.56. The van der Waals surface area contributed by atoms with Gasteiger partial charge in [0.25, 0.3) is 6.71 Å². The van der Waals surface area contributed by atoms with Crippen molar-refractivity contribution in [3.63, 3.8) is 0 Å². The molecule has 0 saturated carbocycles. The van der Waals surface area contributed by atoms with E-state index in [0.29, 0.717) is 0 Å². The molecule has 0 amide bonds. The molecule has 0 saturated heterocycles. The second-order valence-corrected chi connectivity index (χ2v) is 19.8. The van der Waals surface area contributed by atoms with Crippen LogP contribution in [-0.2, 0) is 12.8 Å². The molecule has 0 N–H and O–H groups in total. The number of fused-ring (bicyclic) bond motifs is 8. The van der Waals surface area contributed by atoms with E-state index >= 15 is 0 Å². The van der Waals surface area contributed by atoms with Gasteiger partial charge in [0.05, 0.1) is 0 Å². The highest BCUT2D eigenvalue weighted by Crippen LogP contribution is 2.47. The van der Waals surface area contributed by atoms with Crippen LogP contribution in [-0.4, -0.2) is 28.4 Å². The van der Waals surface area contributed by atoms with Gasteiger partial charge in [-0.25, -0.2) is 9.97 Å². The Labute approximate surface area is 413 Å². The zero-order valence-corrected chi connectivity index (χ0v) is 39.1. The first kappa shape index (κ1) is 40.9. The predicted molar refractivity (Wildman–Crippen MR) is 291 cm³/mol. The fourth-order valence-electron chi connectivity index (χ4n) is 11.9. The summed E-state index contributed by atoms with van der Waals surface area (Å²) in [6, 6.07) is 75.2. The number of nitrogens with zero attached hydrogens (tertiary/aromatic N) is 6. The number of aryl methyl sites for hydroxylation is 1. The third-order valence-corrected chi connectivity index (χ3v) is 15.7. The second-order valence-electron chi connectivity index (χ2n) is 18.7. The normalized spacial score (nSPS) is 14.7. The minimum absolute atomic E-state index is 0.0795. The van der Waals surface area contributed by atoms with Crippen molar-refractivity contribution in [1.82, 2.24) is 15.0 Å². The third-order valence-electron chi connectivity index (χ3n) is 14.8. The molecule has 70 heavy (non-hydrogen) atoms. The summed E-state index contributed by atoms with van der Waals surface area (Å²) in [5.41, 5.74) is 20.4. The van der Waals surface area contributed by atoms with Gasteiger partial charge < -0.3 is 9.80 Å². The van der Waals surface area contributed by atoms with Crippen LogP contribution in [0.15, 0.2) is 235 Å². The van der Waals surface area contributed by atoms with E-state index in [9.17, 15) is 0 Å². The second kappa shape index (κ2) is 16.8. The van der Waals surface area contributed by atoms with Crippen molar-refractivity contribution in [2.75, 3.05) is 14.7 Å². The van der Waals surface area contributed by atoms with Gasteiger partial charge in [0.2, 0.25) is 6.71 Å². The number of rotatable bonds is 8. The minimum atomic E-state index is -0.143. The maximum Gasteiger partial charge on any atom is 0.256 e. The van der Waals surface area contributed by atoms with Crippen LogP contribution in [0.4, 0.5) is 51.3 Å². The minimum Gasteiger partial charge on any atom is -0.311 e. The molecule has 4 aliphatic rings. The molecule has 3 aromatic heterocycles. The molecule has 0 fully saturated rings. The summed E-state index contributed by atoms with van der Waals surface area (Å²) in [5.74, 6) is 1.18. The van der Waals surface area contributed by atoms with Crippen molar-refractivity contribution in [3.05, 3.63) is 242 Å². The third kappa shape index (κ3) is 6.63. The number of benzene rings is 7. The van der Waals surface area contributed by atoms with Crippen molar-refractivity contribution in [3.8, 4) is 0 Å². The number of aromatic nitrogens is 3. The van der Waals surface area contributed by atoms with Crippen molar-refractivity contribution in [2.45, 2.75) is 35.1 Å². The number of pyridine rings is 3. The van der Waals surface area contributed by atoms with Gasteiger partial charge in [-0.05, 0) is 136 Å². The maximum atomic E-state index is 5.74. The summed E-state index contributed by atoms with van der Waals surface area (Å²) in [6.45, 7) is -0.222. The van der Waals surface area contributed by atoms with Crippen LogP contribution in [0, 0.1) is 0 Å². The Balaban J connectivity index is 1.06. The molecule has 9 heteroatoms. The zero-order chi connectivity index (χ0) is 46.1. The molecule has 7 aromatic carbocycles. The Kier molecular flexibility index (Phi) is 9.83. The van der Waals surface area contributed by atoms with Crippen molar-refractivity contribution in [1.29, 1.82) is 0 Å². The van der Waals surface area contributed by atoms with Crippen LogP contribution in [0.2, 0.25) is 0 Å². The topological polar surface area (TPSA) is 48.4 Å². The van der Waals surface area contributed by atoms with E-state index < -0.39 is 0 Å².